The Morgan fingerprint density at radius 1 is 1.38 bits per heavy atom. The average molecular weight is 216 g/mol. The molecule has 0 N–H and O–H groups in total. The molecule has 16 heavy (non-hydrogen) atoms. The van der Waals surface area contributed by atoms with Gasteiger partial charge in [-0.25, -0.2) is 0 Å². The van der Waals surface area contributed by atoms with E-state index in [0.29, 0.717) is 6.10 Å². The molecule has 1 saturated heterocycles. The minimum atomic E-state index is 0.245. The molecule has 2 rings (SSSR count). The average Bonchev–Trinajstić information content (AvgIpc) is 2.57. The van der Waals surface area contributed by atoms with Gasteiger partial charge in [0.25, 0.3) is 0 Å². The molecule has 1 aromatic rings. The van der Waals surface area contributed by atoms with Gasteiger partial charge in [0.1, 0.15) is 0 Å². The van der Waals surface area contributed by atoms with E-state index in [1.165, 1.54) is 5.56 Å². The molecular weight excluding hydrogens is 196 g/mol. The van der Waals surface area contributed by atoms with Gasteiger partial charge in [0.2, 0.25) is 0 Å². The van der Waals surface area contributed by atoms with Crippen molar-refractivity contribution < 1.29 is 4.74 Å². The van der Waals surface area contributed by atoms with E-state index in [1.807, 2.05) is 12.1 Å². The topological polar surface area (TPSA) is 9.23 Å². The zero-order valence-electron chi connectivity index (χ0n) is 10.1. The van der Waals surface area contributed by atoms with E-state index >= 15 is 0 Å². The predicted octanol–water partition coefficient (Wildman–Crippen LogP) is 4.12. The Morgan fingerprint density at radius 2 is 2.06 bits per heavy atom. The van der Waals surface area contributed by atoms with Gasteiger partial charge >= 0.3 is 0 Å². The van der Waals surface area contributed by atoms with Gasteiger partial charge in [-0.1, -0.05) is 50.3 Å². The van der Waals surface area contributed by atoms with Crippen LogP contribution < -0.4 is 0 Å². The molecule has 1 nitrogen and oxygen atoms in total. The van der Waals surface area contributed by atoms with Gasteiger partial charge in [0.15, 0.2) is 0 Å². The fourth-order valence-electron chi connectivity index (χ4n) is 2.43. The highest BCUT2D eigenvalue weighted by molar-refractivity contribution is 5.19. The molecule has 1 unspecified atom stereocenters. The van der Waals surface area contributed by atoms with E-state index in [1.54, 1.807) is 0 Å². The number of ether oxygens (including phenoxy) is 1. The minimum Gasteiger partial charge on any atom is -0.369 e. The number of rotatable bonds is 3. The van der Waals surface area contributed by atoms with Crippen molar-refractivity contribution >= 4 is 0 Å². The maximum Gasteiger partial charge on any atom is 0.0835 e. The van der Waals surface area contributed by atoms with Gasteiger partial charge in [-0.05, 0) is 23.8 Å². The van der Waals surface area contributed by atoms with Crippen LogP contribution in [0.1, 0.15) is 38.4 Å². The summed E-state index contributed by atoms with van der Waals surface area (Å²) >= 11 is 0. The summed E-state index contributed by atoms with van der Waals surface area (Å²) < 4.78 is 6.13. The molecule has 86 valence electrons. The first-order valence-corrected chi connectivity index (χ1v) is 5.95. The van der Waals surface area contributed by atoms with Crippen LogP contribution in [0.15, 0.2) is 43.0 Å². The summed E-state index contributed by atoms with van der Waals surface area (Å²) in [7, 11) is 0. The van der Waals surface area contributed by atoms with Gasteiger partial charge in [-0.3, -0.25) is 0 Å². The van der Waals surface area contributed by atoms with Crippen molar-refractivity contribution in [2.45, 2.75) is 38.9 Å². The van der Waals surface area contributed by atoms with Gasteiger partial charge in [0.05, 0.1) is 12.2 Å². The van der Waals surface area contributed by atoms with Crippen LogP contribution in [-0.4, -0.2) is 6.10 Å². The summed E-state index contributed by atoms with van der Waals surface area (Å²) in [5.74, 6) is 0. The van der Waals surface area contributed by atoms with Gasteiger partial charge in [0, 0.05) is 0 Å². The third-order valence-electron chi connectivity index (χ3n) is 3.46. The maximum absolute atomic E-state index is 6.13. The third-order valence-corrected chi connectivity index (χ3v) is 3.46. The van der Waals surface area contributed by atoms with Crippen molar-refractivity contribution in [3.63, 3.8) is 0 Å². The van der Waals surface area contributed by atoms with Crippen molar-refractivity contribution in [1.29, 1.82) is 0 Å². The molecule has 0 aromatic heterocycles. The molecule has 2 atom stereocenters. The van der Waals surface area contributed by atoms with E-state index < -0.39 is 0 Å². The first-order chi connectivity index (χ1) is 7.63. The monoisotopic (exact) mass is 216 g/mol. The molecule has 1 aliphatic rings. The highest BCUT2D eigenvalue weighted by Crippen LogP contribution is 2.46. The molecule has 0 amide bonds. The molecule has 0 radical (unpaired) electrons. The summed E-state index contributed by atoms with van der Waals surface area (Å²) in [5.41, 5.74) is 1.54. The summed E-state index contributed by atoms with van der Waals surface area (Å²) in [5, 5.41) is 0. The lowest BCUT2D eigenvalue weighted by Crippen LogP contribution is -2.23. The fourth-order valence-corrected chi connectivity index (χ4v) is 2.43. The number of benzene rings is 1. The first kappa shape index (κ1) is 11.4. The van der Waals surface area contributed by atoms with Gasteiger partial charge in [-0.2, -0.15) is 0 Å². The lowest BCUT2D eigenvalue weighted by atomic mass is 9.82. The summed E-state index contributed by atoms with van der Waals surface area (Å²) in [6.45, 7) is 8.37. The van der Waals surface area contributed by atoms with Crippen molar-refractivity contribution in [3.8, 4) is 0 Å². The zero-order valence-corrected chi connectivity index (χ0v) is 10.1. The van der Waals surface area contributed by atoms with Crippen LogP contribution in [0.3, 0.4) is 0 Å². The molecular formula is C15H20O. The Hall–Kier alpha value is -1.08. The second kappa shape index (κ2) is 4.42. The molecule has 0 aliphatic carbocycles. The summed E-state index contributed by atoms with van der Waals surface area (Å²) in [4.78, 5) is 0. The maximum atomic E-state index is 6.13. The largest absolute Gasteiger partial charge is 0.369 e. The normalized spacial score (nSPS) is 27.9. The predicted molar refractivity (Wildman–Crippen MR) is 67.3 cm³/mol. The van der Waals surface area contributed by atoms with E-state index in [4.69, 9.17) is 4.74 Å². The molecule has 1 heteroatoms. The smallest absolute Gasteiger partial charge is 0.0835 e. The first-order valence-electron chi connectivity index (χ1n) is 5.95. The van der Waals surface area contributed by atoms with Crippen LogP contribution in [0.25, 0.3) is 0 Å². The van der Waals surface area contributed by atoms with E-state index in [9.17, 15) is 0 Å². The highest BCUT2D eigenvalue weighted by Gasteiger charge is 2.41. The molecule has 0 saturated carbocycles. The van der Waals surface area contributed by atoms with E-state index in [0.717, 1.165) is 12.8 Å². The zero-order chi connectivity index (χ0) is 11.6. The lowest BCUT2D eigenvalue weighted by Gasteiger charge is -2.23. The Balaban J connectivity index is 2.14. The van der Waals surface area contributed by atoms with Crippen molar-refractivity contribution in [2.75, 3.05) is 0 Å². The Bertz CT molecular complexity index is 353. The Kier molecular flexibility index (Phi) is 3.15. The van der Waals surface area contributed by atoms with Gasteiger partial charge < -0.3 is 4.74 Å². The Morgan fingerprint density at radius 3 is 2.69 bits per heavy atom. The van der Waals surface area contributed by atoms with Crippen LogP contribution in [-0.2, 0) is 4.74 Å². The highest BCUT2D eigenvalue weighted by atomic mass is 16.5. The second-order valence-corrected chi connectivity index (χ2v) is 5.24. The number of hydrogen-bond acceptors (Lipinski definition) is 1. The molecule has 0 bridgehead atoms. The SMILES string of the molecule is C=CC[C@@H]1OC(c2ccccc2)CC1(C)C. The molecule has 1 fully saturated rings. The van der Waals surface area contributed by atoms with Crippen molar-refractivity contribution in [2.24, 2.45) is 5.41 Å². The summed E-state index contributed by atoms with van der Waals surface area (Å²) in [6.07, 6.45) is 4.54. The lowest BCUT2D eigenvalue weighted by molar-refractivity contribution is 0.0213. The van der Waals surface area contributed by atoms with Crippen LogP contribution in [0.2, 0.25) is 0 Å². The van der Waals surface area contributed by atoms with Crippen LogP contribution in [0.4, 0.5) is 0 Å². The molecule has 1 aliphatic heterocycles. The summed E-state index contributed by atoms with van der Waals surface area (Å²) in [6, 6.07) is 10.5. The van der Waals surface area contributed by atoms with E-state index in [-0.39, 0.29) is 11.5 Å². The Labute approximate surface area is 98.1 Å². The second-order valence-electron chi connectivity index (χ2n) is 5.24. The molecule has 1 heterocycles. The molecule has 1 aromatic carbocycles. The van der Waals surface area contributed by atoms with Crippen molar-refractivity contribution in [3.05, 3.63) is 48.6 Å². The van der Waals surface area contributed by atoms with Gasteiger partial charge in [-0.15, -0.1) is 6.58 Å². The molecule has 0 spiro atoms. The van der Waals surface area contributed by atoms with Crippen LogP contribution in [0, 0.1) is 5.41 Å². The van der Waals surface area contributed by atoms with Crippen molar-refractivity contribution in [1.82, 2.24) is 0 Å². The van der Waals surface area contributed by atoms with Crippen LogP contribution >= 0.6 is 0 Å². The van der Waals surface area contributed by atoms with Crippen LogP contribution in [0.5, 0.6) is 0 Å². The fraction of sp³-hybridized carbons (Fsp3) is 0.467. The van der Waals surface area contributed by atoms with E-state index in [2.05, 4.69) is 44.7 Å². The quantitative estimate of drug-likeness (QED) is 0.691. The third kappa shape index (κ3) is 2.19. The standard InChI is InChI=1S/C15H20O/c1-4-8-14-15(2,3)11-13(16-14)12-9-6-5-7-10-12/h4-7,9-10,13-14H,1,8,11H2,2-3H3/t13?,14-/m0/s1. The number of hydrogen-bond donors (Lipinski definition) is 0. The minimum absolute atomic E-state index is 0.245.